The van der Waals surface area contributed by atoms with Crippen molar-refractivity contribution in [1.82, 2.24) is 4.98 Å². The number of nitrogens with one attached hydrogen (secondary N) is 1. The lowest BCUT2D eigenvalue weighted by Gasteiger charge is -2.03. The topological polar surface area (TPSA) is 79.3 Å². The van der Waals surface area contributed by atoms with E-state index >= 15 is 0 Å². The molecule has 2 rings (SSSR count). The van der Waals surface area contributed by atoms with Crippen LogP contribution in [0, 0.1) is 0 Å². The molecule has 2 N–H and O–H groups in total. The largest absolute Gasteiger partial charge is 0.481 e. The molecule has 0 aliphatic rings. The van der Waals surface area contributed by atoms with Gasteiger partial charge in [0.1, 0.15) is 0 Å². The molecule has 0 aliphatic carbocycles. The van der Waals surface area contributed by atoms with Crippen LogP contribution in [0.2, 0.25) is 0 Å². The van der Waals surface area contributed by atoms with E-state index in [2.05, 4.69) is 10.3 Å². The van der Waals surface area contributed by atoms with Gasteiger partial charge in [-0.15, -0.1) is 11.3 Å². The zero-order valence-corrected chi connectivity index (χ0v) is 9.66. The second-order valence-corrected chi connectivity index (χ2v) is 4.36. The normalized spacial score (nSPS) is 10.4. The molecule has 1 amide bonds. The summed E-state index contributed by atoms with van der Waals surface area (Å²) in [5.74, 6) is -1.27. The summed E-state index contributed by atoms with van der Waals surface area (Å²) < 4.78 is 0.987. The number of rotatable bonds is 4. The lowest BCUT2D eigenvalue weighted by atomic mass is 10.2. The van der Waals surface area contributed by atoms with Gasteiger partial charge < -0.3 is 10.4 Å². The van der Waals surface area contributed by atoms with Gasteiger partial charge in [0.2, 0.25) is 5.91 Å². The summed E-state index contributed by atoms with van der Waals surface area (Å²) in [6, 6.07) is 5.39. The van der Waals surface area contributed by atoms with Gasteiger partial charge in [-0.2, -0.15) is 0 Å². The Morgan fingerprint density at radius 2 is 2.18 bits per heavy atom. The van der Waals surface area contributed by atoms with E-state index in [9.17, 15) is 9.59 Å². The zero-order valence-electron chi connectivity index (χ0n) is 8.84. The number of fused-ring (bicyclic) bond motifs is 1. The Labute approximate surface area is 101 Å². The minimum atomic E-state index is -0.974. The molecule has 0 saturated heterocycles. The maximum atomic E-state index is 11.4. The standard InChI is InChI=1S/C11H10N2O3S/c14-10(3-4-11(15)16)13-7-1-2-8-9(5-7)17-6-12-8/h1-2,5-6H,3-4H2,(H,13,14)(H,15,16). The molecule has 1 aromatic heterocycles. The number of carbonyl (C=O) groups excluding carboxylic acids is 1. The molecule has 88 valence electrons. The lowest BCUT2D eigenvalue weighted by Crippen LogP contribution is -2.12. The van der Waals surface area contributed by atoms with Crippen LogP contribution in [0.3, 0.4) is 0 Å². The lowest BCUT2D eigenvalue weighted by molar-refractivity contribution is -0.138. The number of carboxylic acid groups (broad SMARTS) is 1. The van der Waals surface area contributed by atoms with Crippen LogP contribution in [0.25, 0.3) is 10.2 Å². The van der Waals surface area contributed by atoms with Crippen LogP contribution in [-0.4, -0.2) is 22.0 Å². The van der Waals surface area contributed by atoms with Crippen LogP contribution in [-0.2, 0) is 9.59 Å². The summed E-state index contributed by atoms with van der Waals surface area (Å²) in [5.41, 5.74) is 3.29. The maximum absolute atomic E-state index is 11.4. The Morgan fingerprint density at radius 3 is 2.94 bits per heavy atom. The highest BCUT2D eigenvalue weighted by Crippen LogP contribution is 2.21. The van der Waals surface area contributed by atoms with Gasteiger partial charge in [-0.25, -0.2) is 4.98 Å². The van der Waals surface area contributed by atoms with E-state index in [0.717, 1.165) is 10.2 Å². The number of nitrogens with zero attached hydrogens (tertiary/aromatic N) is 1. The third kappa shape index (κ3) is 3.01. The highest BCUT2D eigenvalue weighted by atomic mass is 32.1. The van der Waals surface area contributed by atoms with Gasteiger partial charge in [0.15, 0.2) is 0 Å². The molecule has 0 radical (unpaired) electrons. The van der Waals surface area contributed by atoms with Crippen LogP contribution in [0.1, 0.15) is 12.8 Å². The molecule has 0 atom stereocenters. The SMILES string of the molecule is O=C(O)CCC(=O)Nc1ccc2ncsc2c1. The van der Waals surface area contributed by atoms with Crippen molar-refractivity contribution < 1.29 is 14.7 Å². The Hall–Kier alpha value is -1.95. The third-order valence-electron chi connectivity index (χ3n) is 2.18. The zero-order chi connectivity index (χ0) is 12.3. The van der Waals surface area contributed by atoms with Crippen molar-refractivity contribution in [2.75, 3.05) is 5.32 Å². The number of hydrogen-bond acceptors (Lipinski definition) is 4. The summed E-state index contributed by atoms with van der Waals surface area (Å²) in [4.78, 5) is 25.8. The number of anilines is 1. The molecule has 2 aromatic rings. The van der Waals surface area contributed by atoms with E-state index in [1.54, 1.807) is 11.6 Å². The van der Waals surface area contributed by atoms with Gasteiger partial charge in [0.25, 0.3) is 0 Å². The van der Waals surface area contributed by atoms with Crippen molar-refractivity contribution in [3.05, 3.63) is 23.7 Å². The summed E-state index contributed by atoms with van der Waals surface area (Å²) in [6.45, 7) is 0. The molecule has 1 aromatic carbocycles. The van der Waals surface area contributed by atoms with Crippen molar-refractivity contribution in [1.29, 1.82) is 0 Å². The number of aliphatic carboxylic acids is 1. The fraction of sp³-hybridized carbons (Fsp3) is 0.182. The average Bonchev–Trinajstić information content (AvgIpc) is 2.73. The summed E-state index contributed by atoms with van der Waals surface area (Å²) in [6.07, 6.45) is -0.176. The van der Waals surface area contributed by atoms with Crippen molar-refractivity contribution in [2.24, 2.45) is 0 Å². The quantitative estimate of drug-likeness (QED) is 0.870. The van der Waals surface area contributed by atoms with Gasteiger partial charge in [-0.1, -0.05) is 0 Å². The van der Waals surface area contributed by atoms with E-state index in [1.807, 2.05) is 12.1 Å². The Kier molecular flexibility index (Phi) is 3.34. The second kappa shape index (κ2) is 4.92. The molecule has 5 nitrogen and oxygen atoms in total. The van der Waals surface area contributed by atoms with Crippen molar-refractivity contribution in [2.45, 2.75) is 12.8 Å². The first-order valence-corrected chi connectivity index (χ1v) is 5.88. The first-order valence-electron chi connectivity index (χ1n) is 5.00. The molecule has 0 unspecified atom stereocenters. The average molecular weight is 250 g/mol. The van der Waals surface area contributed by atoms with E-state index in [0.29, 0.717) is 5.69 Å². The Balaban J connectivity index is 2.02. The fourth-order valence-electron chi connectivity index (χ4n) is 1.38. The molecular formula is C11H10N2O3S. The van der Waals surface area contributed by atoms with E-state index in [1.165, 1.54) is 11.3 Å². The Morgan fingerprint density at radius 1 is 1.35 bits per heavy atom. The molecule has 0 saturated carbocycles. The predicted molar refractivity (Wildman–Crippen MR) is 65.1 cm³/mol. The van der Waals surface area contributed by atoms with Crippen molar-refractivity contribution in [3.8, 4) is 0 Å². The van der Waals surface area contributed by atoms with Crippen LogP contribution in [0.15, 0.2) is 23.7 Å². The fourth-order valence-corrected chi connectivity index (χ4v) is 2.09. The minimum Gasteiger partial charge on any atom is -0.481 e. The number of aromatic nitrogens is 1. The number of amides is 1. The van der Waals surface area contributed by atoms with Gasteiger partial charge in [0.05, 0.1) is 22.1 Å². The minimum absolute atomic E-state index is 0.0178. The van der Waals surface area contributed by atoms with Crippen molar-refractivity contribution in [3.63, 3.8) is 0 Å². The summed E-state index contributed by atoms with van der Waals surface area (Å²) in [7, 11) is 0. The first kappa shape index (κ1) is 11.5. The highest BCUT2D eigenvalue weighted by molar-refractivity contribution is 7.16. The smallest absolute Gasteiger partial charge is 0.303 e. The summed E-state index contributed by atoms with van der Waals surface area (Å²) in [5, 5.41) is 11.1. The van der Waals surface area contributed by atoms with Gasteiger partial charge in [-0.05, 0) is 18.2 Å². The van der Waals surface area contributed by atoms with Gasteiger partial charge in [-0.3, -0.25) is 9.59 Å². The number of thiazole rings is 1. The van der Waals surface area contributed by atoms with Crippen LogP contribution < -0.4 is 5.32 Å². The molecule has 1 heterocycles. The molecule has 17 heavy (non-hydrogen) atoms. The van der Waals surface area contributed by atoms with Gasteiger partial charge >= 0.3 is 5.97 Å². The number of hydrogen-bond donors (Lipinski definition) is 2. The van der Waals surface area contributed by atoms with Crippen molar-refractivity contribution >= 4 is 39.1 Å². The first-order chi connectivity index (χ1) is 8.15. The van der Waals surface area contributed by atoms with E-state index < -0.39 is 5.97 Å². The summed E-state index contributed by atoms with van der Waals surface area (Å²) >= 11 is 1.49. The number of carboxylic acids is 1. The highest BCUT2D eigenvalue weighted by Gasteiger charge is 2.06. The van der Waals surface area contributed by atoms with Crippen LogP contribution in [0.4, 0.5) is 5.69 Å². The van der Waals surface area contributed by atoms with Gasteiger partial charge in [0, 0.05) is 12.1 Å². The van der Waals surface area contributed by atoms with Crippen LogP contribution in [0.5, 0.6) is 0 Å². The molecule has 0 aliphatic heterocycles. The maximum Gasteiger partial charge on any atom is 0.303 e. The molecule has 0 bridgehead atoms. The molecule has 6 heteroatoms. The second-order valence-electron chi connectivity index (χ2n) is 3.48. The Bertz CT molecular complexity index is 565. The van der Waals surface area contributed by atoms with Crippen LogP contribution >= 0.6 is 11.3 Å². The monoisotopic (exact) mass is 250 g/mol. The predicted octanol–water partition coefficient (Wildman–Crippen LogP) is 2.10. The number of benzene rings is 1. The number of carbonyl (C=O) groups is 2. The molecule has 0 spiro atoms. The molecular weight excluding hydrogens is 240 g/mol. The van der Waals surface area contributed by atoms with E-state index in [4.69, 9.17) is 5.11 Å². The molecule has 0 fully saturated rings. The van der Waals surface area contributed by atoms with E-state index in [-0.39, 0.29) is 18.7 Å². The third-order valence-corrected chi connectivity index (χ3v) is 2.97.